The van der Waals surface area contributed by atoms with Gasteiger partial charge in [0.2, 0.25) is 5.91 Å². The van der Waals surface area contributed by atoms with Crippen LogP contribution in [0.25, 0.3) is 0 Å². The SMILES string of the molecule is CCCNC1CCN(c2ccc(C)cc2Cl)C1=O. The fraction of sp³-hybridized carbons (Fsp3) is 0.500. The Bertz CT molecular complexity index is 447. The van der Waals surface area contributed by atoms with Crippen molar-refractivity contribution in [3.05, 3.63) is 28.8 Å². The molecule has 3 nitrogen and oxygen atoms in total. The lowest BCUT2D eigenvalue weighted by molar-refractivity contribution is -0.118. The van der Waals surface area contributed by atoms with E-state index in [1.165, 1.54) is 0 Å². The maximum atomic E-state index is 12.3. The molecule has 98 valence electrons. The van der Waals surface area contributed by atoms with E-state index in [1.807, 2.05) is 25.1 Å². The Morgan fingerprint density at radius 3 is 2.94 bits per heavy atom. The Kier molecular flexibility index (Phi) is 4.25. The first-order valence-electron chi connectivity index (χ1n) is 6.44. The van der Waals surface area contributed by atoms with Gasteiger partial charge in [-0.1, -0.05) is 24.6 Å². The first-order valence-corrected chi connectivity index (χ1v) is 6.82. The van der Waals surface area contributed by atoms with Crippen LogP contribution in [0.1, 0.15) is 25.3 Å². The normalized spacial score (nSPS) is 19.6. The molecule has 1 saturated heterocycles. The van der Waals surface area contributed by atoms with E-state index in [9.17, 15) is 4.79 Å². The average molecular weight is 267 g/mol. The van der Waals surface area contributed by atoms with E-state index < -0.39 is 0 Å². The molecule has 18 heavy (non-hydrogen) atoms. The fourth-order valence-electron chi connectivity index (χ4n) is 2.26. The van der Waals surface area contributed by atoms with Crippen LogP contribution in [-0.4, -0.2) is 25.0 Å². The van der Waals surface area contributed by atoms with Gasteiger partial charge in [-0.15, -0.1) is 0 Å². The minimum absolute atomic E-state index is 0.0534. The zero-order chi connectivity index (χ0) is 13.1. The van der Waals surface area contributed by atoms with Gasteiger partial charge in [0.15, 0.2) is 0 Å². The van der Waals surface area contributed by atoms with E-state index in [0.29, 0.717) is 5.02 Å². The number of hydrogen-bond donors (Lipinski definition) is 1. The van der Waals surface area contributed by atoms with Gasteiger partial charge in [-0.05, 0) is 44.0 Å². The number of hydrogen-bond acceptors (Lipinski definition) is 2. The molecule has 1 aliphatic heterocycles. The number of amides is 1. The molecule has 1 heterocycles. The van der Waals surface area contributed by atoms with Crippen LogP contribution in [0.2, 0.25) is 5.02 Å². The van der Waals surface area contributed by atoms with Gasteiger partial charge in [0, 0.05) is 6.54 Å². The molecule has 2 rings (SSSR count). The molecule has 4 heteroatoms. The van der Waals surface area contributed by atoms with Crippen LogP contribution in [0.5, 0.6) is 0 Å². The average Bonchev–Trinajstić information content (AvgIpc) is 2.68. The van der Waals surface area contributed by atoms with Crippen molar-refractivity contribution >= 4 is 23.2 Å². The van der Waals surface area contributed by atoms with Gasteiger partial charge in [-0.25, -0.2) is 0 Å². The summed E-state index contributed by atoms with van der Waals surface area (Å²) in [6, 6.07) is 5.76. The molecule has 0 radical (unpaired) electrons. The molecule has 1 aliphatic rings. The summed E-state index contributed by atoms with van der Waals surface area (Å²) in [5, 5.41) is 3.93. The largest absolute Gasteiger partial charge is 0.310 e. The number of halogens is 1. The minimum atomic E-state index is -0.0534. The van der Waals surface area contributed by atoms with Crippen molar-refractivity contribution in [3.63, 3.8) is 0 Å². The maximum Gasteiger partial charge on any atom is 0.244 e. The zero-order valence-corrected chi connectivity index (χ0v) is 11.6. The van der Waals surface area contributed by atoms with E-state index in [4.69, 9.17) is 11.6 Å². The maximum absolute atomic E-state index is 12.3. The smallest absolute Gasteiger partial charge is 0.244 e. The molecule has 1 unspecified atom stereocenters. The highest BCUT2D eigenvalue weighted by molar-refractivity contribution is 6.34. The standard InChI is InChI=1S/C14H19ClN2O/c1-3-7-16-12-6-8-17(14(12)18)13-5-4-10(2)9-11(13)15/h4-5,9,12,16H,3,6-8H2,1-2H3. The summed E-state index contributed by atoms with van der Waals surface area (Å²) in [4.78, 5) is 14.0. The van der Waals surface area contributed by atoms with Crippen molar-refractivity contribution in [2.24, 2.45) is 0 Å². The van der Waals surface area contributed by atoms with Gasteiger partial charge in [0.25, 0.3) is 0 Å². The quantitative estimate of drug-likeness (QED) is 0.909. The van der Waals surface area contributed by atoms with Crippen LogP contribution in [-0.2, 0) is 4.79 Å². The third kappa shape index (κ3) is 2.68. The zero-order valence-electron chi connectivity index (χ0n) is 10.9. The number of carbonyl (C=O) groups excluding carboxylic acids is 1. The lowest BCUT2D eigenvalue weighted by atomic mass is 10.2. The Hall–Kier alpha value is -1.06. The Labute approximate surface area is 113 Å². The molecule has 0 aromatic heterocycles. The summed E-state index contributed by atoms with van der Waals surface area (Å²) < 4.78 is 0. The lowest BCUT2D eigenvalue weighted by Gasteiger charge is -2.19. The molecule has 1 amide bonds. The molecule has 1 N–H and O–H groups in total. The number of anilines is 1. The number of aryl methyl sites for hydroxylation is 1. The Morgan fingerprint density at radius 2 is 2.28 bits per heavy atom. The molecular formula is C14H19ClN2O. The molecule has 0 aliphatic carbocycles. The highest BCUT2D eigenvalue weighted by Gasteiger charge is 2.32. The summed E-state index contributed by atoms with van der Waals surface area (Å²) in [6.45, 7) is 5.71. The number of benzene rings is 1. The van der Waals surface area contributed by atoms with Crippen molar-refractivity contribution in [2.75, 3.05) is 18.0 Å². The summed E-state index contributed by atoms with van der Waals surface area (Å²) >= 11 is 6.21. The Morgan fingerprint density at radius 1 is 1.50 bits per heavy atom. The van der Waals surface area contributed by atoms with Crippen LogP contribution >= 0.6 is 11.6 Å². The van der Waals surface area contributed by atoms with E-state index in [2.05, 4.69) is 12.2 Å². The van der Waals surface area contributed by atoms with Gasteiger partial charge in [0.1, 0.15) is 0 Å². The van der Waals surface area contributed by atoms with E-state index >= 15 is 0 Å². The van der Waals surface area contributed by atoms with Crippen LogP contribution in [0.3, 0.4) is 0 Å². The molecule has 1 aromatic carbocycles. The van der Waals surface area contributed by atoms with Gasteiger partial charge >= 0.3 is 0 Å². The molecule has 1 atom stereocenters. The monoisotopic (exact) mass is 266 g/mol. The van der Waals surface area contributed by atoms with Crippen LogP contribution in [0, 0.1) is 6.92 Å². The van der Waals surface area contributed by atoms with Gasteiger partial charge in [0.05, 0.1) is 16.8 Å². The highest BCUT2D eigenvalue weighted by atomic mass is 35.5. The first kappa shape index (κ1) is 13.4. The summed E-state index contributed by atoms with van der Waals surface area (Å²) in [7, 11) is 0. The van der Waals surface area contributed by atoms with Gasteiger partial charge < -0.3 is 10.2 Å². The predicted molar refractivity (Wildman–Crippen MR) is 75.2 cm³/mol. The molecule has 1 fully saturated rings. The second kappa shape index (κ2) is 5.72. The van der Waals surface area contributed by atoms with Crippen molar-refractivity contribution < 1.29 is 4.79 Å². The van der Waals surface area contributed by atoms with Crippen molar-refractivity contribution in [1.29, 1.82) is 0 Å². The van der Waals surface area contributed by atoms with Crippen LogP contribution in [0.15, 0.2) is 18.2 Å². The Balaban J connectivity index is 2.13. The summed E-state index contributed by atoms with van der Waals surface area (Å²) in [5.74, 6) is 0.134. The number of carbonyl (C=O) groups is 1. The van der Waals surface area contributed by atoms with Crippen LogP contribution in [0.4, 0.5) is 5.69 Å². The first-order chi connectivity index (χ1) is 8.63. The molecule has 0 spiro atoms. The van der Waals surface area contributed by atoms with Gasteiger partial charge in [-0.2, -0.15) is 0 Å². The number of nitrogens with zero attached hydrogens (tertiary/aromatic N) is 1. The molecule has 1 aromatic rings. The van der Waals surface area contributed by atoms with E-state index in [1.54, 1.807) is 4.90 Å². The van der Waals surface area contributed by atoms with Crippen molar-refractivity contribution in [3.8, 4) is 0 Å². The second-order valence-electron chi connectivity index (χ2n) is 4.74. The topological polar surface area (TPSA) is 32.3 Å². The second-order valence-corrected chi connectivity index (χ2v) is 5.15. The number of rotatable bonds is 4. The van der Waals surface area contributed by atoms with E-state index in [0.717, 1.165) is 37.2 Å². The van der Waals surface area contributed by atoms with Crippen molar-refractivity contribution in [1.82, 2.24) is 5.32 Å². The van der Waals surface area contributed by atoms with Crippen LogP contribution < -0.4 is 10.2 Å². The van der Waals surface area contributed by atoms with Crippen molar-refractivity contribution in [2.45, 2.75) is 32.7 Å². The summed E-state index contributed by atoms with van der Waals surface area (Å²) in [6.07, 6.45) is 1.89. The predicted octanol–water partition coefficient (Wildman–Crippen LogP) is 2.75. The molecular weight excluding hydrogens is 248 g/mol. The minimum Gasteiger partial charge on any atom is -0.310 e. The summed E-state index contributed by atoms with van der Waals surface area (Å²) in [5.41, 5.74) is 1.93. The molecule has 0 saturated carbocycles. The van der Waals surface area contributed by atoms with E-state index in [-0.39, 0.29) is 11.9 Å². The fourth-order valence-corrected chi connectivity index (χ4v) is 2.60. The number of nitrogens with one attached hydrogen (secondary N) is 1. The van der Waals surface area contributed by atoms with Gasteiger partial charge in [-0.3, -0.25) is 4.79 Å². The highest BCUT2D eigenvalue weighted by Crippen LogP contribution is 2.30. The third-order valence-corrected chi connectivity index (χ3v) is 3.54. The molecule has 0 bridgehead atoms. The lowest BCUT2D eigenvalue weighted by Crippen LogP contribution is -2.38. The third-order valence-electron chi connectivity index (χ3n) is 3.24.